The molecule has 6 heteroatoms. The second-order valence-corrected chi connectivity index (χ2v) is 5.57. The summed E-state index contributed by atoms with van der Waals surface area (Å²) in [7, 11) is 0. The van der Waals surface area contributed by atoms with Gasteiger partial charge in [-0.15, -0.1) is 0 Å². The van der Waals surface area contributed by atoms with Crippen LogP contribution in [0.3, 0.4) is 0 Å². The zero-order valence-electron chi connectivity index (χ0n) is 12.6. The van der Waals surface area contributed by atoms with Crippen molar-refractivity contribution in [2.24, 2.45) is 0 Å². The summed E-state index contributed by atoms with van der Waals surface area (Å²) in [6, 6.07) is 9.86. The molecule has 23 heavy (non-hydrogen) atoms. The second kappa shape index (κ2) is 5.38. The molecular weight excluding hydrogens is 305 g/mol. The number of fused-ring (bicyclic) bond motifs is 1. The van der Waals surface area contributed by atoms with Crippen LogP contribution >= 0.6 is 0 Å². The summed E-state index contributed by atoms with van der Waals surface area (Å²) < 4.78 is 37.9. The van der Waals surface area contributed by atoms with Gasteiger partial charge in [0.25, 0.3) is 0 Å². The Hall–Kier alpha value is -2.34. The van der Waals surface area contributed by atoms with E-state index in [0.717, 1.165) is 16.7 Å². The lowest BCUT2D eigenvalue weighted by atomic mass is 10.0. The van der Waals surface area contributed by atoms with Crippen LogP contribution in [-0.4, -0.2) is 21.3 Å². The van der Waals surface area contributed by atoms with Crippen molar-refractivity contribution >= 4 is 11.0 Å². The third kappa shape index (κ3) is 2.82. The van der Waals surface area contributed by atoms with Crippen molar-refractivity contribution in [3.8, 4) is 11.4 Å². The highest BCUT2D eigenvalue weighted by Gasteiger charge is 2.39. The van der Waals surface area contributed by atoms with Crippen LogP contribution in [-0.2, 0) is 0 Å². The summed E-state index contributed by atoms with van der Waals surface area (Å²) in [4.78, 5) is 7.50. The van der Waals surface area contributed by atoms with Gasteiger partial charge in [0.15, 0.2) is 6.10 Å². The van der Waals surface area contributed by atoms with Crippen LogP contribution in [0.15, 0.2) is 36.4 Å². The van der Waals surface area contributed by atoms with Crippen molar-refractivity contribution in [1.82, 2.24) is 9.97 Å². The maximum atomic E-state index is 12.6. The van der Waals surface area contributed by atoms with Gasteiger partial charge in [0.1, 0.15) is 5.82 Å². The Kier molecular flexibility index (Phi) is 3.64. The van der Waals surface area contributed by atoms with E-state index in [1.54, 1.807) is 0 Å². The molecule has 0 fully saturated rings. The Balaban J connectivity index is 2.10. The molecule has 1 heterocycles. The number of nitrogens with zero attached hydrogens (tertiary/aromatic N) is 1. The fourth-order valence-electron chi connectivity index (χ4n) is 2.69. The van der Waals surface area contributed by atoms with E-state index in [-0.39, 0.29) is 5.56 Å². The quantitative estimate of drug-likeness (QED) is 0.733. The number of halogens is 3. The van der Waals surface area contributed by atoms with E-state index >= 15 is 0 Å². The molecule has 0 aliphatic rings. The third-order valence-corrected chi connectivity index (χ3v) is 3.85. The predicted octanol–water partition coefficient (Wildman–Crippen LogP) is 4.44. The average molecular weight is 320 g/mol. The van der Waals surface area contributed by atoms with E-state index in [1.807, 2.05) is 32.0 Å². The van der Waals surface area contributed by atoms with E-state index < -0.39 is 12.3 Å². The van der Waals surface area contributed by atoms with Gasteiger partial charge >= 0.3 is 6.18 Å². The number of alkyl halides is 3. The standard InChI is InChI=1S/C17H15F3N2O/c1-9-4-3-5-10(2)14(9)16-21-12-7-6-11(8-13(12)22-16)15(23)17(18,19)20/h3-8,15,23H,1-2H3,(H,21,22). The summed E-state index contributed by atoms with van der Waals surface area (Å²) in [5, 5.41) is 9.37. The number of aryl methyl sites for hydroxylation is 2. The molecule has 2 N–H and O–H groups in total. The first-order valence-electron chi connectivity index (χ1n) is 7.08. The Morgan fingerprint density at radius 1 is 1.09 bits per heavy atom. The molecule has 3 rings (SSSR count). The molecule has 1 aromatic heterocycles. The molecule has 1 atom stereocenters. The minimum absolute atomic E-state index is 0.207. The fraction of sp³-hybridized carbons (Fsp3) is 0.235. The SMILES string of the molecule is Cc1cccc(C)c1-c1nc2ccc(C(O)C(F)(F)F)cc2[nH]1. The topological polar surface area (TPSA) is 48.9 Å². The van der Waals surface area contributed by atoms with Crippen molar-refractivity contribution < 1.29 is 18.3 Å². The van der Waals surface area contributed by atoms with Gasteiger partial charge in [-0.1, -0.05) is 24.3 Å². The number of aromatic nitrogens is 2. The van der Waals surface area contributed by atoms with Gasteiger partial charge in [0, 0.05) is 5.56 Å². The molecule has 3 aromatic rings. The number of hydrogen-bond donors (Lipinski definition) is 2. The highest BCUT2D eigenvalue weighted by molar-refractivity contribution is 5.81. The van der Waals surface area contributed by atoms with Gasteiger partial charge in [0.05, 0.1) is 11.0 Å². The monoisotopic (exact) mass is 320 g/mol. The molecule has 120 valence electrons. The number of nitrogens with one attached hydrogen (secondary N) is 1. The molecule has 0 aliphatic carbocycles. The number of rotatable bonds is 2. The normalized spacial score (nSPS) is 13.5. The molecule has 0 saturated carbocycles. The summed E-state index contributed by atoms with van der Waals surface area (Å²) in [6.07, 6.45) is -7.19. The van der Waals surface area contributed by atoms with Crippen molar-refractivity contribution in [2.75, 3.05) is 0 Å². The van der Waals surface area contributed by atoms with Crippen LogP contribution < -0.4 is 0 Å². The zero-order valence-corrected chi connectivity index (χ0v) is 12.6. The van der Waals surface area contributed by atoms with E-state index in [0.29, 0.717) is 16.9 Å². The smallest absolute Gasteiger partial charge is 0.379 e. The lowest BCUT2D eigenvalue weighted by Crippen LogP contribution is -2.20. The van der Waals surface area contributed by atoms with Crippen molar-refractivity contribution in [3.63, 3.8) is 0 Å². The highest BCUT2D eigenvalue weighted by atomic mass is 19.4. The van der Waals surface area contributed by atoms with Crippen molar-refractivity contribution in [3.05, 3.63) is 53.1 Å². The Morgan fingerprint density at radius 3 is 2.35 bits per heavy atom. The van der Waals surface area contributed by atoms with Crippen LogP contribution in [0, 0.1) is 13.8 Å². The van der Waals surface area contributed by atoms with Gasteiger partial charge in [0.2, 0.25) is 0 Å². The molecule has 1 unspecified atom stereocenters. The van der Waals surface area contributed by atoms with Crippen LogP contribution in [0.25, 0.3) is 22.4 Å². The highest BCUT2D eigenvalue weighted by Crippen LogP contribution is 2.34. The van der Waals surface area contributed by atoms with Crippen LogP contribution in [0.4, 0.5) is 13.2 Å². The third-order valence-electron chi connectivity index (χ3n) is 3.85. The Labute approximate surface area is 130 Å². The van der Waals surface area contributed by atoms with Crippen molar-refractivity contribution in [1.29, 1.82) is 0 Å². The molecule has 0 aliphatic heterocycles. The van der Waals surface area contributed by atoms with E-state index in [2.05, 4.69) is 9.97 Å². The molecular formula is C17H15F3N2O. The largest absolute Gasteiger partial charge is 0.418 e. The summed E-state index contributed by atoms with van der Waals surface area (Å²) in [5.74, 6) is 0.606. The molecule has 3 nitrogen and oxygen atoms in total. The average Bonchev–Trinajstić information content (AvgIpc) is 2.87. The van der Waals surface area contributed by atoms with Gasteiger partial charge < -0.3 is 10.1 Å². The number of imidazole rings is 1. The van der Waals surface area contributed by atoms with Crippen LogP contribution in [0.5, 0.6) is 0 Å². The maximum absolute atomic E-state index is 12.6. The molecule has 0 saturated heterocycles. The molecule has 2 aromatic carbocycles. The molecule has 0 bridgehead atoms. The van der Waals surface area contributed by atoms with Crippen LogP contribution in [0.1, 0.15) is 22.8 Å². The first-order chi connectivity index (χ1) is 10.8. The first kappa shape index (κ1) is 15.6. The fourth-order valence-corrected chi connectivity index (χ4v) is 2.69. The Bertz CT molecular complexity index is 848. The van der Waals surface area contributed by atoms with Crippen molar-refractivity contribution in [2.45, 2.75) is 26.1 Å². The zero-order chi connectivity index (χ0) is 16.8. The minimum Gasteiger partial charge on any atom is -0.379 e. The minimum atomic E-state index is -4.69. The number of aliphatic hydroxyl groups excluding tert-OH is 1. The van der Waals surface area contributed by atoms with Gasteiger partial charge in [-0.05, 0) is 42.7 Å². The number of benzene rings is 2. The first-order valence-corrected chi connectivity index (χ1v) is 7.08. The number of aliphatic hydroxyl groups is 1. The van der Waals surface area contributed by atoms with E-state index in [9.17, 15) is 18.3 Å². The van der Waals surface area contributed by atoms with Crippen LogP contribution in [0.2, 0.25) is 0 Å². The number of H-pyrrole nitrogens is 1. The van der Waals surface area contributed by atoms with Gasteiger partial charge in [-0.2, -0.15) is 13.2 Å². The summed E-state index contributed by atoms with van der Waals surface area (Å²) in [6.45, 7) is 3.91. The van der Waals surface area contributed by atoms with E-state index in [4.69, 9.17) is 0 Å². The number of aromatic amines is 1. The van der Waals surface area contributed by atoms with Gasteiger partial charge in [-0.3, -0.25) is 0 Å². The molecule has 0 spiro atoms. The second-order valence-electron chi connectivity index (χ2n) is 5.57. The lowest BCUT2D eigenvalue weighted by Gasteiger charge is -2.14. The molecule has 0 amide bonds. The van der Waals surface area contributed by atoms with E-state index in [1.165, 1.54) is 18.2 Å². The summed E-state index contributed by atoms with van der Waals surface area (Å²) in [5.41, 5.74) is 3.80. The number of hydrogen-bond acceptors (Lipinski definition) is 2. The Morgan fingerprint density at radius 2 is 1.74 bits per heavy atom. The maximum Gasteiger partial charge on any atom is 0.418 e. The summed E-state index contributed by atoms with van der Waals surface area (Å²) >= 11 is 0. The van der Waals surface area contributed by atoms with Gasteiger partial charge in [-0.25, -0.2) is 4.98 Å². The predicted molar refractivity (Wildman–Crippen MR) is 82.0 cm³/mol. The lowest BCUT2D eigenvalue weighted by molar-refractivity contribution is -0.206. The molecule has 0 radical (unpaired) electrons.